The zero-order chi connectivity index (χ0) is 38.6. The molecule has 0 saturated heterocycles. The van der Waals surface area contributed by atoms with Crippen LogP contribution in [0.1, 0.15) is 0 Å². The van der Waals surface area contributed by atoms with Crippen LogP contribution in [0.3, 0.4) is 0 Å². The van der Waals surface area contributed by atoms with E-state index in [1.54, 1.807) is 0 Å². The third-order valence-electron chi connectivity index (χ3n) is 12.3. The van der Waals surface area contributed by atoms with Crippen LogP contribution < -0.4 is 26.8 Å². The van der Waals surface area contributed by atoms with Crippen molar-refractivity contribution in [3.05, 3.63) is 188 Å². The van der Waals surface area contributed by atoms with Gasteiger partial charge in [-0.1, -0.05) is 186 Å². The first-order valence-corrected chi connectivity index (χ1v) is 19.9. The zero-order valence-corrected chi connectivity index (χ0v) is 32.8. The van der Waals surface area contributed by atoms with Gasteiger partial charge in [0, 0.05) is 16.8 Å². The summed E-state index contributed by atoms with van der Waals surface area (Å²) < 4.78 is 0. The minimum atomic E-state index is 1.13. The molecule has 0 bridgehead atoms. The lowest BCUT2D eigenvalue weighted by Crippen LogP contribution is -2.46. The largest absolute Gasteiger partial charge is 0.311 e. The molecule has 1 nitrogen and oxygen atoms in total. The summed E-state index contributed by atoms with van der Waals surface area (Å²) in [5.74, 6) is 0. The van der Waals surface area contributed by atoms with Crippen molar-refractivity contribution in [3.8, 4) is 33.4 Å². The first-order valence-electron chi connectivity index (χ1n) is 19.9. The van der Waals surface area contributed by atoms with Gasteiger partial charge in [-0.2, -0.15) is 0 Å². The van der Waals surface area contributed by atoms with E-state index in [1.807, 2.05) is 0 Å². The molecule has 264 valence electrons. The molecule has 0 aliphatic heterocycles. The van der Waals surface area contributed by atoms with Crippen molar-refractivity contribution in [1.82, 2.24) is 0 Å². The topological polar surface area (TPSA) is 3.24 Å². The summed E-state index contributed by atoms with van der Waals surface area (Å²) in [5, 5.41) is 10.1. The number of nitrogens with zero attached hydrogens (tertiary/aromatic N) is 1. The van der Waals surface area contributed by atoms with Crippen LogP contribution in [-0.2, 0) is 0 Å². The Morgan fingerprint density at radius 2 is 0.754 bits per heavy atom. The molecule has 0 aromatic heterocycles. The summed E-state index contributed by atoms with van der Waals surface area (Å²) >= 11 is 0. The molecule has 0 N–H and O–H groups in total. The Kier molecular flexibility index (Phi) is 8.60. The van der Waals surface area contributed by atoms with Gasteiger partial charge in [-0.15, -0.1) is 0 Å². The molecule has 0 amide bonds. The van der Waals surface area contributed by atoms with Crippen LogP contribution in [0.5, 0.6) is 0 Å². The van der Waals surface area contributed by atoms with E-state index in [0.717, 1.165) is 5.69 Å². The molecule has 10 aromatic carbocycles. The molecule has 10 rings (SSSR count). The zero-order valence-electron chi connectivity index (χ0n) is 32.8. The summed E-state index contributed by atoms with van der Waals surface area (Å²) in [7, 11) is 9.22. The maximum absolute atomic E-state index is 2.53. The van der Waals surface area contributed by atoms with Crippen LogP contribution >= 0.6 is 0 Å². The van der Waals surface area contributed by atoms with Crippen LogP contribution in [0.25, 0.3) is 76.5 Å². The predicted molar refractivity (Wildman–Crippen MR) is 260 cm³/mol. The average molecular weight is 721 g/mol. The van der Waals surface area contributed by atoms with Crippen molar-refractivity contribution in [1.29, 1.82) is 0 Å². The van der Waals surface area contributed by atoms with Gasteiger partial charge in [0.15, 0.2) is 0 Å². The van der Waals surface area contributed by atoms with E-state index < -0.39 is 0 Å². The summed E-state index contributed by atoms with van der Waals surface area (Å²) in [6, 6.07) is 69.0. The molecule has 0 radical (unpaired) electrons. The number of rotatable bonds is 6. The highest BCUT2D eigenvalue weighted by molar-refractivity contribution is 6.63. The Hall–Kier alpha value is -6.70. The molecule has 0 unspecified atom stereocenters. The van der Waals surface area contributed by atoms with E-state index in [0.29, 0.717) is 0 Å². The highest BCUT2D eigenvalue weighted by Gasteiger charge is 2.24. The van der Waals surface area contributed by atoms with Crippen LogP contribution in [0, 0.1) is 0 Å². The van der Waals surface area contributed by atoms with Gasteiger partial charge >= 0.3 is 0 Å². The van der Waals surface area contributed by atoms with E-state index in [4.69, 9.17) is 0 Å². The fraction of sp³-hybridized carbons (Fsp3) is 0. The predicted octanol–water partition coefficient (Wildman–Crippen LogP) is 7.80. The number of hydrogen-bond donors (Lipinski definition) is 0. The number of hydrogen-bond acceptors (Lipinski definition) is 1. The Morgan fingerprint density at radius 3 is 1.37 bits per heavy atom. The maximum atomic E-state index is 2.53. The minimum Gasteiger partial charge on any atom is -0.311 e. The summed E-state index contributed by atoms with van der Waals surface area (Å²) in [6.45, 7) is 0. The molecule has 5 heteroatoms. The van der Waals surface area contributed by atoms with Crippen molar-refractivity contribution in [2.75, 3.05) is 4.90 Å². The standard InChI is InChI=1S/C52H39B4N/c53-48-47(35-24-22-33(23-25-35)32-12-2-1-3-13-32)49(54)51(56)52(50(48)55)57(46-31-37-15-5-7-17-40(37)42-19-10-11-21-44(42)46)38-28-26-34(27-29-38)45-30-36-14-4-6-16-39(36)41-18-8-9-20-43(41)45/h1-31H,53-56H2. The van der Waals surface area contributed by atoms with Gasteiger partial charge in [0.1, 0.15) is 31.4 Å². The molecular weight excluding hydrogens is 682 g/mol. The second kappa shape index (κ2) is 14.1. The molecule has 0 fully saturated rings. The van der Waals surface area contributed by atoms with Crippen LogP contribution in [0.2, 0.25) is 0 Å². The number of benzene rings is 10. The van der Waals surface area contributed by atoms with Crippen LogP contribution in [0.15, 0.2) is 188 Å². The van der Waals surface area contributed by atoms with Crippen molar-refractivity contribution in [2.45, 2.75) is 0 Å². The number of anilines is 3. The van der Waals surface area contributed by atoms with Crippen molar-refractivity contribution >= 4 is 113 Å². The van der Waals surface area contributed by atoms with Crippen LogP contribution in [-0.4, -0.2) is 31.4 Å². The van der Waals surface area contributed by atoms with Gasteiger partial charge in [-0.05, 0) is 95.3 Å². The van der Waals surface area contributed by atoms with Crippen molar-refractivity contribution < 1.29 is 0 Å². The summed E-state index contributed by atoms with van der Waals surface area (Å²) in [4.78, 5) is 2.53. The minimum absolute atomic E-state index is 1.13. The quantitative estimate of drug-likeness (QED) is 0.125. The van der Waals surface area contributed by atoms with E-state index in [2.05, 4.69) is 224 Å². The summed E-state index contributed by atoms with van der Waals surface area (Å²) in [6.07, 6.45) is 0. The third-order valence-corrected chi connectivity index (χ3v) is 12.3. The molecule has 0 aliphatic carbocycles. The van der Waals surface area contributed by atoms with E-state index >= 15 is 0 Å². The highest BCUT2D eigenvalue weighted by atomic mass is 15.1. The fourth-order valence-corrected chi connectivity index (χ4v) is 9.21. The first kappa shape index (κ1) is 34.8. The molecule has 0 heterocycles. The van der Waals surface area contributed by atoms with E-state index in [9.17, 15) is 0 Å². The fourth-order valence-electron chi connectivity index (χ4n) is 9.21. The monoisotopic (exact) mass is 721 g/mol. The second-order valence-electron chi connectivity index (χ2n) is 15.4. The molecule has 0 saturated carbocycles. The van der Waals surface area contributed by atoms with Gasteiger partial charge in [-0.25, -0.2) is 0 Å². The van der Waals surface area contributed by atoms with E-state index in [1.165, 1.54) is 110 Å². The summed E-state index contributed by atoms with van der Waals surface area (Å²) in [5.41, 5.74) is 16.2. The normalized spacial score (nSPS) is 11.4. The Labute approximate surface area is 338 Å². The molecule has 0 spiro atoms. The molecular formula is C52H39B4N. The van der Waals surface area contributed by atoms with E-state index in [-0.39, 0.29) is 0 Å². The maximum Gasteiger partial charge on any atom is 0.141 e. The second-order valence-corrected chi connectivity index (χ2v) is 15.4. The van der Waals surface area contributed by atoms with Gasteiger partial charge in [0.25, 0.3) is 0 Å². The average Bonchev–Trinajstić information content (AvgIpc) is 3.27. The molecule has 10 aromatic rings. The SMILES string of the molecule is Bc1c(B)c(N(c2ccc(-c3cc4ccccc4c4ccccc34)cc2)c2cc3ccccc3c3ccccc23)c(B)c(B)c1-c1ccc(-c2ccccc2)cc1. The highest BCUT2D eigenvalue weighted by Crippen LogP contribution is 2.42. The Bertz CT molecular complexity index is 3130. The van der Waals surface area contributed by atoms with Gasteiger partial charge in [0.05, 0.1) is 5.69 Å². The van der Waals surface area contributed by atoms with Crippen molar-refractivity contribution in [3.63, 3.8) is 0 Å². The lowest BCUT2D eigenvalue weighted by Gasteiger charge is -2.33. The van der Waals surface area contributed by atoms with Gasteiger partial charge in [-0.3, -0.25) is 0 Å². The smallest absolute Gasteiger partial charge is 0.141 e. The van der Waals surface area contributed by atoms with Gasteiger partial charge < -0.3 is 4.90 Å². The molecule has 0 aliphatic rings. The van der Waals surface area contributed by atoms with Gasteiger partial charge in [0.2, 0.25) is 0 Å². The molecule has 57 heavy (non-hydrogen) atoms. The lowest BCUT2D eigenvalue weighted by atomic mass is 9.64. The molecule has 0 atom stereocenters. The number of fused-ring (bicyclic) bond motifs is 6. The Balaban J connectivity index is 1.18. The first-order chi connectivity index (χ1) is 28.0. The Morgan fingerprint density at radius 1 is 0.316 bits per heavy atom. The third kappa shape index (κ3) is 5.85. The lowest BCUT2D eigenvalue weighted by molar-refractivity contribution is 1.33. The van der Waals surface area contributed by atoms with Crippen molar-refractivity contribution in [2.24, 2.45) is 0 Å². The van der Waals surface area contributed by atoms with Crippen LogP contribution in [0.4, 0.5) is 17.1 Å².